The van der Waals surface area contributed by atoms with Gasteiger partial charge in [0, 0.05) is 5.02 Å². The predicted octanol–water partition coefficient (Wildman–Crippen LogP) is 5.54. The number of ether oxygens (including phenoxy) is 1. The van der Waals surface area contributed by atoms with E-state index in [9.17, 15) is 0 Å². The normalized spacial score (nSPS) is 16.7. The zero-order chi connectivity index (χ0) is 19.6. The summed E-state index contributed by atoms with van der Waals surface area (Å²) in [7, 11) is 0. The minimum atomic E-state index is -0.0703. The molecular formula is C23H26ClN3O. The maximum atomic E-state index is 6.64. The summed E-state index contributed by atoms with van der Waals surface area (Å²) < 4.78 is 8.56. The van der Waals surface area contributed by atoms with Gasteiger partial charge in [0.1, 0.15) is 18.7 Å². The van der Waals surface area contributed by atoms with Gasteiger partial charge < -0.3 is 4.74 Å². The Labute approximate surface area is 171 Å². The van der Waals surface area contributed by atoms with Crippen LogP contribution in [0.25, 0.3) is 0 Å². The molecule has 1 aliphatic carbocycles. The SMILES string of the molecule is CC(C)(C1CC1)C(OCc1ccccc1)C(c1ccc(Cl)cc1)n1cncn1. The third-order valence-electron chi connectivity index (χ3n) is 5.86. The molecule has 2 unspecified atom stereocenters. The second kappa shape index (κ2) is 8.06. The minimum Gasteiger partial charge on any atom is -0.370 e. The van der Waals surface area contributed by atoms with Crippen molar-refractivity contribution >= 4 is 11.6 Å². The van der Waals surface area contributed by atoms with Crippen LogP contribution in [0.3, 0.4) is 0 Å². The van der Waals surface area contributed by atoms with Crippen molar-refractivity contribution in [2.24, 2.45) is 11.3 Å². The van der Waals surface area contributed by atoms with Crippen molar-refractivity contribution in [3.8, 4) is 0 Å². The first-order chi connectivity index (χ1) is 13.6. The van der Waals surface area contributed by atoms with E-state index in [1.54, 1.807) is 12.7 Å². The molecule has 1 heterocycles. The fourth-order valence-corrected chi connectivity index (χ4v) is 4.15. The number of benzene rings is 2. The lowest BCUT2D eigenvalue weighted by Gasteiger charge is -2.40. The molecule has 0 radical (unpaired) electrons. The Morgan fingerprint density at radius 2 is 1.82 bits per heavy atom. The summed E-state index contributed by atoms with van der Waals surface area (Å²) in [5.41, 5.74) is 2.31. The van der Waals surface area contributed by atoms with E-state index < -0.39 is 0 Å². The molecule has 1 aromatic heterocycles. The van der Waals surface area contributed by atoms with Crippen LogP contribution < -0.4 is 0 Å². The van der Waals surface area contributed by atoms with Gasteiger partial charge in [0.2, 0.25) is 0 Å². The van der Waals surface area contributed by atoms with Crippen LogP contribution in [0, 0.1) is 11.3 Å². The summed E-state index contributed by atoms with van der Waals surface area (Å²) in [5, 5.41) is 5.20. The van der Waals surface area contributed by atoms with Crippen LogP contribution >= 0.6 is 11.6 Å². The molecular weight excluding hydrogens is 370 g/mol. The maximum Gasteiger partial charge on any atom is 0.137 e. The van der Waals surface area contributed by atoms with Crippen molar-refractivity contribution in [1.82, 2.24) is 14.8 Å². The Bertz CT molecular complexity index is 874. The zero-order valence-corrected chi connectivity index (χ0v) is 17.1. The Hall–Kier alpha value is -2.17. The lowest BCUT2D eigenvalue weighted by atomic mass is 9.76. The number of hydrogen-bond acceptors (Lipinski definition) is 3. The molecule has 1 fully saturated rings. The molecule has 146 valence electrons. The molecule has 0 aliphatic heterocycles. The van der Waals surface area contributed by atoms with Gasteiger partial charge >= 0.3 is 0 Å². The third-order valence-corrected chi connectivity index (χ3v) is 6.11. The molecule has 1 saturated carbocycles. The Kier molecular flexibility index (Phi) is 5.51. The first-order valence-corrected chi connectivity index (χ1v) is 10.2. The average Bonchev–Trinajstić information content (AvgIpc) is 3.44. The van der Waals surface area contributed by atoms with E-state index in [1.807, 2.05) is 35.0 Å². The van der Waals surface area contributed by atoms with Gasteiger partial charge in [0.25, 0.3) is 0 Å². The van der Waals surface area contributed by atoms with Crippen LogP contribution in [0.4, 0.5) is 0 Å². The highest BCUT2D eigenvalue weighted by atomic mass is 35.5. The Morgan fingerprint density at radius 1 is 1.11 bits per heavy atom. The molecule has 0 spiro atoms. The largest absolute Gasteiger partial charge is 0.370 e. The molecule has 4 rings (SSSR count). The van der Waals surface area contributed by atoms with Gasteiger partial charge in [-0.2, -0.15) is 5.10 Å². The molecule has 5 heteroatoms. The summed E-state index contributed by atoms with van der Waals surface area (Å²) in [5.74, 6) is 0.659. The van der Waals surface area contributed by atoms with Gasteiger partial charge in [-0.3, -0.25) is 0 Å². The van der Waals surface area contributed by atoms with Gasteiger partial charge in [-0.1, -0.05) is 67.9 Å². The van der Waals surface area contributed by atoms with Crippen LogP contribution in [0.15, 0.2) is 67.3 Å². The zero-order valence-electron chi connectivity index (χ0n) is 16.3. The van der Waals surface area contributed by atoms with Gasteiger partial charge in [-0.15, -0.1) is 0 Å². The fraction of sp³-hybridized carbons (Fsp3) is 0.391. The molecule has 4 nitrogen and oxygen atoms in total. The van der Waals surface area contributed by atoms with Crippen molar-refractivity contribution in [2.45, 2.75) is 45.4 Å². The molecule has 0 N–H and O–H groups in total. The molecule has 0 amide bonds. The van der Waals surface area contributed by atoms with E-state index in [0.29, 0.717) is 12.5 Å². The number of aromatic nitrogens is 3. The van der Waals surface area contributed by atoms with E-state index in [1.165, 1.54) is 18.4 Å². The average molecular weight is 396 g/mol. The Morgan fingerprint density at radius 3 is 2.43 bits per heavy atom. The second-order valence-corrected chi connectivity index (χ2v) is 8.62. The van der Waals surface area contributed by atoms with Crippen LogP contribution in [0.2, 0.25) is 5.02 Å². The van der Waals surface area contributed by atoms with E-state index in [4.69, 9.17) is 16.3 Å². The lowest BCUT2D eigenvalue weighted by Crippen LogP contribution is -2.42. The monoisotopic (exact) mass is 395 g/mol. The van der Waals surface area contributed by atoms with E-state index >= 15 is 0 Å². The summed E-state index contributed by atoms with van der Waals surface area (Å²) in [6.45, 7) is 5.21. The molecule has 0 saturated heterocycles. The number of halogens is 1. The van der Waals surface area contributed by atoms with Crippen molar-refractivity contribution in [3.63, 3.8) is 0 Å². The van der Waals surface area contributed by atoms with Gasteiger partial charge in [-0.25, -0.2) is 9.67 Å². The van der Waals surface area contributed by atoms with Crippen molar-refractivity contribution in [3.05, 3.63) is 83.4 Å². The highest BCUT2D eigenvalue weighted by Crippen LogP contribution is 2.51. The fourth-order valence-electron chi connectivity index (χ4n) is 4.02. The van der Waals surface area contributed by atoms with Crippen LogP contribution in [0.5, 0.6) is 0 Å². The molecule has 0 bridgehead atoms. The van der Waals surface area contributed by atoms with Crippen LogP contribution in [-0.4, -0.2) is 20.9 Å². The van der Waals surface area contributed by atoms with Crippen molar-refractivity contribution < 1.29 is 4.74 Å². The lowest BCUT2D eigenvalue weighted by molar-refractivity contribution is -0.0694. The summed E-state index contributed by atoms with van der Waals surface area (Å²) >= 11 is 6.15. The maximum absolute atomic E-state index is 6.64. The van der Waals surface area contributed by atoms with Crippen molar-refractivity contribution in [1.29, 1.82) is 0 Å². The first-order valence-electron chi connectivity index (χ1n) is 9.81. The standard InChI is InChI=1S/C23H26ClN3O/c1-23(2,19-10-11-19)22(28-14-17-6-4-3-5-7-17)21(27-16-25-15-26-27)18-8-12-20(24)13-9-18/h3-9,12-13,15-16,19,21-22H,10-11,14H2,1-2H3. The number of rotatable bonds is 8. The predicted molar refractivity (Wildman–Crippen MR) is 111 cm³/mol. The highest BCUT2D eigenvalue weighted by molar-refractivity contribution is 6.30. The molecule has 2 atom stereocenters. The molecule has 3 aromatic rings. The summed E-state index contributed by atoms with van der Waals surface area (Å²) in [6, 6.07) is 18.3. The topological polar surface area (TPSA) is 39.9 Å². The minimum absolute atomic E-state index is 0.00499. The van der Waals surface area contributed by atoms with Crippen LogP contribution in [-0.2, 0) is 11.3 Å². The molecule has 28 heavy (non-hydrogen) atoms. The third kappa shape index (κ3) is 4.13. The summed E-state index contributed by atoms with van der Waals surface area (Å²) in [6.07, 6.45) is 5.82. The van der Waals surface area contributed by atoms with Crippen molar-refractivity contribution in [2.75, 3.05) is 0 Å². The van der Waals surface area contributed by atoms with Gasteiger partial charge in [-0.05, 0) is 47.4 Å². The Balaban J connectivity index is 1.71. The van der Waals surface area contributed by atoms with E-state index in [0.717, 1.165) is 10.6 Å². The van der Waals surface area contributed by atoms with Gasteiger partial charge in [0.15, 0.2) is 0 Å². The van der Waals surface area contributed by atoms with Crippen LogP contribution in [0.1, 0.15) is 43.9 Å². The van der Waals surface area contributed by atoms with Gasteiger partial charge in [0.05, 0.1) is 12.7 Å². The quantitative estimate of drug-likeness (QED) is 0.502. The van der Waals surface area contributed by atoms with E-state index in [2.05, 4.69) is 48.2 Å². The highest BCUT2D eigenvalue weighted by Gasteiger charge is 2.48. The second-order valence-electron chi connectivity index (χ2n) is 8.18. The number of nitrogens with zero attached hydrogens (tertiary/aromatic N) is 3. The molecule has 2 aromatic carbocycles. The smallest absolute Gasteiger partial charge is 0.137 e. The summed E-state index contributed by atoms with van der Waals surface area (Å²) in [4.78, 5) is 4.20. The van der Waals surface area contributed by atoms with E-state index in [-0.39, 0.29) is 17.6 Å². The number of hydrogen-bond donors (Lipinski definition) is 0. The first kappa shape index (κ1) is 19.2. The molecule has 1 aliphatic rings.